The zero-order valence-electron chi connectivity index (χ0n) is 15.0. The molecule has 1 aromatic carbocycles. The second kappa shape index (κ2) is 9.71. The first-order chi connectivity index (χ1) is 12.7. The van der Waals surface area contributed by atoms with Gasteiger partial charge in [-0.3, -0.25) is 9.69 Å². The SMILES string of the molecule is O=C(C=CCN1CCOCC1)N[C@@H]1CCC[C@@H](Oc2ccccc2)[C@@H]1O. The van der Waals surface area contributed by atoms with E-state index in [0.29, 0.717) is 0 Å². The van der Waals surface area contributed by atoms with Gasteiger partial charge in [0.15, 0.2) is 0 Å². The van der Waals surface area contributed by atoms with Crippen LogP contribution in [0.4, 0.5) is 0 Å². The molecule has 1 saturated carbocycles. The average Bonchev–Trinajstić information content (AvgIpc) is 2.67. The normalized spacial score (nSPS) is 27.3. The molecule has 1 aromatic rings. The number of nitrogens with zero attached hydrogens (tertiary/aromatic N) is 1. The van der Waals surface area contributed by atoms with Gasteiger partial charge in [-0.2, -0.15) is 0 Å². The van der Waals surface area contributed by atoms with Gasteiger partial charge < -0.3 is 19.9 Å². The molecule has 0 bridgehead atoms. The topological polar surface area (TPSA) is 71.0 Å². The van der Waals surface area contributed by atoms with Gasteiger partial charge in [-0.1, -0.05) is 24.3 Å². The number of rotatable bonds is 6. The number of para-hydroxylation sites is 1. The summed E-state index contributed by atoms with van der Waals surface area (Å²) in [5.41, 5.74) is 0. The maximum atomic E-state index is 12.2. The van der Waals surface area contributed by atoms with Gasteiger partial charge in [-0.25, -0.2) is 0 Å². The minimum Gasteiger partial charge on any atom is -0.488 e. The van der Waals surface area contributed by atoms with Crippen LogP contribution in [-0.2, 0) is 9.53 Å². The average molecular weight is 360 g/mol. The Kier molecular flexibility index (Phi) is 7.05. The van der Waals surface area contributed by atoms with E-state index in [0.717, 1.165) is 57.9 Å². The summed E-state index contributed by atoms with van der Waals surface area (Å²) in [7, 11) is 0. The summed E-state index contributed by atoms with van der Waals surface area (Å²) in [4.78, 5) is 14.4. The van der Waals surface area contributed by atoms with Crippen LogP contribution < -0.4 is 10.1 Å². The third kappa shape index (κ3) is 5.56. The molecular weight excluding hydrogens is 332 g/mol. The van der Waals surface area contributed by atoms with E-state index in [1.807, 2.05) is 36.4 Å². The smallest absolute Gasteiger partial charge is 0.244 e. The number of ether oxygens (including phenoxy) is 2. The maximum Gasteiger partial charge on any atom is 0.244 e. The van der Waals surface area contributed by atoms with Crippen molar-refractivity contribution in [2.75, 3.05) is 32.8 Å². The number of carbonyl (C=O) groups excluding carboxylic acids is 1. The number of carbonyl (C=O) groups is 1. The molecule has 26 heavy (non-hydrogen) atoms. The van der Waals surface area contributed by atoms with E-state index in [1.165, 1.54) is 0 Å². The van der Waals surface area contributed by atoms with Gasteiger partial charge >= 0.3 is 0 Å². The predicted octanol–water partition coefficient (Wildman–Crippen LogP) is 1.35. The van der Waals surface area contributed by atoms with Crippen LogP contribution in [0.5, 0.6) is 5.75 Å². The highest BCUT2D eigenvalue weighted by atomic mass is 16.5. The summed E-state index contributed by atoms with van der Waals surface area (Å²) in [6, 6.07) is 9.22. The minimum absolute atomic E-state index is 0.164. The zero-order valence-corrected chi connectivity index (χ0v) is 15.0. The Balaban J connectivity index is 1.46. The fraction of sp³-hybridized carbons (Fsp3) is 0.550. The third-order valence-corrected chi connectivity index (χ3v) is 4.89. The van der Waals surface area contributed by atoms with Crippen LogP contribution >= 0.6 is 0 Å². The molecule has 1 aliphatic carbocycles. The molecule has 0 unspecified atom stereocenters. The highest BCUT2D eigenvalue weighted by Gasteiger charge is 2.34. The van der Waals surface area contributed by atoms with E-state index < -0.39 is 6.10 Å². The highest BCUT2D eigenvalue weighted by molar-refractivity contribution is 5.87. The molecule has 0 spiro atoms. The van der Waals surface area contributed by atoms with Crippen molar-refractivity contribution in [3.63, 3.8) is 0 Å². The van der Waals surface area contributed by atoms with E-state index in [4.69, 9.17) is 9.47 Å². The molecule has 1 amide bonds. The second-order valence-corrected chi connectivity index (χ2v) is 6.82. The number of morpholine rings is 1. The molecule has 3 rings (SSSR count). The van der Waals surface area contributed by atoms with Crippen LogP contribution in [0.25, 0.3) is 0 Å². The number of nitrogens with one attached hydrogen (secondary N) is 1. The van der Waals surface area contributed by atoms with Crippen LogP contribution in [0.3, 0.4) is 0 Å². The highest BCUT2D eigenvalue weighted by Crippen LogP contribution is 2.24. The van der Waals surface area contributed by atoms with Crippen molar-refractivity contribution in [2.24, 2.45) is 0 Å². The van der Waals surface area contributed by atoms with E-state index in [9.17, 15) is 9.90 Å². The molecule has 0 radical (unpaired) electrons. The third-order valence-electron chi connectivity index (χ3n) is 4.89. The molecular formula is C20H28N2O4. The molecule has 1 saturated heterocycles. The van der Waals surface area contributed by atoms with Gasteiger partial charge in [0.05, 0.1) is 19.3 Å². The molecule has 2 fully saturated rings. The molecule has 2 N–H and O–H groups in total. The summed E-state index contributed by atoms with van der Waals surface area (Å²) in [6.45, 7) is 4.02. The lowest BCUT2D eigenvalue weighted by Gasteiger charge is -2.35. The Hall–Kier alpha value is -1.89. The molecule has 1 aliphatic heterocycles. The number of hydrogen-bond donors (Lipinski definition) is 2. The standard InChI is InChI=1S/C20H28N2O4/c23-19(10-5-11-22-12-14-25-15-13-22)21-17-8-4-9-18(20(17)24)26-16-6-2-1-3-7-16/h1-3,5-7,10,17-18,20,24H,4,8-9,11-15H2,(H,21,23)/t17-,18-,20-/m1/s1. The summed E-state index contributed by atoms with van der Waals surface area (Å²) in [5, 5.41) is 13.5. The van der Waals surface area contributed by atoms with E-state index in [-0.39, 0.29) is 18.1 Å². The fourth-order valence-corrected chi connectivity index (χ4v) is 3.42. The first kappa shape index (κ1) is 18.9. The van der Waals surface area contributed by atoms with E-state index in [2.05, 4.69) is 10.2 Å². The largest absolute Gasteiger partial charge is 0.488 e. The van der Waals surface area contributed by atoms with Gasteiger partial charge in [-0.05, 0) is 31.4 Å². The lowest BCUT2D eigenvalue weighted by Crippen LogP contribution is -2.52. The second-order valence-electron chi connectivity index (χ2n) is 6.82. The van der Waals surface area contributed by atoms with E-state index >= 15 is 0 Å². The van der Waals surface area contributed by atoms with Crippen LogP contribution in [0.1, 0.15) is 19.3 Å². The Morgan fingerprint density at radius 3 is 2.81 bits per heavy atom. The van der Waals surface area contributed by atoms with Gasteiger partial charge in [0.2, 0.25) is 5.91 Å². The molecule has 6 nitrogen and oxygen atoms in total. The lowest BCUT2D eigenvalue weighted by atomic mass is 9.89. The van der Waals surface area contributed by atoms with Crippen LogP contribution in [0.15, 0.2) is 42.5 Å². The van der Waals surface area contributed by atoms with Gasteiger partial charge in [0, 0.05) is 25.7 Å². The van der Waals surface area contributed by atoms with Crippen LogP contribution in [0, 0.1) is 0 Å². The fourth-order valence-electron chi connectivity index (χ4n) is 3.42. The maximum absolute atomic E-state index is 12.2. The van der Waals surface area contributed by atoms with Crippen molar-refractivity contribution in [3.8, 4) is 5.75 Å². The Morgan fingerprint density at radius 2 is 2.04 bits per heavy atom. The van der Waals surface area contributed by atoms with E-state index in [1.54, 1.807) is 6.08 Å². The first-order valence-corrected chi connectivity index (χ1v) is 9.39. The predicted molar refractivity (Wildman–Crippen MR) is 99.0 cm³/mol. The number of amides is 1. The van der Waals surface area contributed by atoms with Crippen LogP contribution in [-0.4, -0.2) is 67.0 Å². The summed E-state index contributed by atoms with van der Waals surface area (Å²) < 4.78 is 11.2. The molecule has 2 aliphatic rings. The number of hydrogen-bond acceptors (Lipinski definition) is 5. The quantitative estimate of drug-likeness (QED) is 0.750. The summed E-state index contributed by atoms with van der Waals surface area (Å²) >= 11 is 0. The van der Waals surface area contributed by atoms with Crippen molar-refractivity contribution in [2.45, 2.75) is 37.5 Å². The summed E-state index contributed by atoms with van der Waals surface area (Å²) in [6.07, 6.45) is 4.89. The van der Waals surface area contributed by atoms with Crippen molar-refractivity contribution in [3.05, 3.63) is 42.5 Å². The molecule has 0 aromatic heterocycles. The summed E-state index contributed by atoms with van der Waals surface area (Å²) in [5.74, 6) is 0.580. The van der Waals surface area contributed by atoms with Gasteiger partial charge in [-0.15, -0.1) is 0 Å². The Morgan fingerprint density at radius 1 is 1.27 bits per heavy atom. The number of benzene rings is 1. The minimum atomic E-state index is -0.708. The molecule has 3 atom stereocenters. The Bertz CT molecular complexity index is 587. The monoisotopic (exact) mass is 360 g/mol. The van der Waals surface area contributed by atoms with Gasteiger partial charge in [0.1, 0.15) is 18.0 Å². The van der Waals surface area contributed by atoms with Crippen molar-refractivity contribution in [1.29, 1.82) is 0 Å². The molecule has 6 heteroatoms. The zero-order chi connectivity index (χ0) is 18.2. The first-order valence-electron chi connectivity index (χ1n) is 9.39. The van der Waals surface area contributed by atoms with Crippen LogP contribution in [0.2, 0.25) is 0 Å². The van der Waals surface area contributed by atoms with Crippen molar-refractivity contribution >= 4 is 5.91 Å². The number of aliphatic hydroxyl groups is 1. The molecule has 1 heterocycles. The Labute approximate surface area is 154 Å². The number of aliphatic hydroxyl groups excluding tert-OH is 1. The van der Waals surface area contributed by atoms with Crippen molar-refractivity contribution < 1.29 is 19.4 Å². The lowest BCUT2D eigenvalue weighted by molar-refractivity contribution is -0.119. The van der Waals surface area contributed by atoms with Crippen molar-refractivity contribution in [1.82, 2.24) is 10.2 Å². The van der Waals surface area contributed by atoms with Gasteiger partial charge in [0.25, 0.3) is 0 Å². The molecule has 142 valence electrons.